The second kappa shape index (κ2) is 3.75. The van der Waals surface area contributed by atoms with E-state index in [1.165, 1.54) is 19.3 Å². The molecule has 0 aromatic heterocycles. The van der Waals surface area contributed by atoms with Crippen LogP contribution in [0.2, 0.25) is 0 Å². The average molecular weight is 170 g/mol. The van der Waals surface area contributed by atoms with E-state index in [0.29, 0.717) is 11.5 Å². The summed E-state index contributed by atoms with van der Waals surface area (Å²) in [7, 11) is 0. The van der Waals surface area contributed by atoms with Crippen LogP contribution in [0.4, 0.5) is 0 Å². The molecule has 2 heteroatoms. The molecule has 0 saturated heterocycles. The van der Waals surface area contributed by atoms with Gasteiger partial charge in [0.1, 0.15) is 0 Å². The Labute approximate surface area is 75.9 Å². The fraction of sp³-hybridized carbons (Fsp3) is 1.00. The quantitative estimate of drug-likeness (QED) is 0.502. The SMILES string of the molecule is CCC(NN)C1CCCC1(C)C. The molecule has 0 heterocycles. The van der Waals surface area contributed by atoms with Crippen LogP contribution >= 0.6 is 0 Å². The van der Waals surface area contributed by atoms with Crippen molar-refractivity contribution in [3.8, 4) is 0 Å². The van der Waals surface area contributed by atoms with Gasteiger partial charge in [0.25, 0.3) is 0 Å². The van der Waals surface area contributed by atoms with Crippen molar-refractivity contribution in [2.45, 2.75) is 52.5 Å². The number of hydrogen-bond donors (Lipinski definition) is 2. The van der Waals surface area contributed by atoms with E-state index in [1.54, 1.807) is 0 Å². The normalized spacial score (nSPS) is 30.5. The Morgan fingerprint density at radius 1 is 1.58 bits per heavy atom. The molecule has 3 N–H and O–H groups in total. The predicted octanol–water partition coefficient (Wildman–Crippen LogP) is 2.05. The van der Waals surface area contributed by atoms with Crippen LogP contribution in [-0.2, 0) is 0 Å². The summed E-state index contributed by atoms with van der Waals surface area (Å²) in [5, 5.41) is 0. The second-order valence-corrected chi connectivity index (χ2v) is 4.67. The topological polar surface area (TPSA) is 38.0 Å². The highest BCUT2D eigenvalue weighted by Crippen LogP contribution is 2.44. The molecule has 1 rings (SSSR count). The van der Waals surface area contributed by atoms with Gasteiger partial charge in [-0.05, 0) is 30.6 Å². The van der Waals surface area contributed by atoms with E-state index in [-0.39, 0.29) is 0 Å². The molecular weight excluding hydrogens is 148 g/mol. The maximum Gasteiger partial charge on any atom is 0.0241 e. The molecule has 2 nitrogen and oxygen atoms in total. The minimum atomic E-state index is 0.493. The van der Waals surface area contributed by atoms with Gasteiger partial charge < -0.3 is 0 Å². The summed E-state index contributed by atoms with van der Waals surface area (Å²) in [4.78, 5) is 0. The molecule has 2 atom stereocenters. The van der Waals surface area contributed by atoms with Gasteiger partial charge in [0.2, 0.25) is 0 Å². The highest BCUT2D eigenvalue weighted by atomic mass is 15.2. The number of hydrazine groups is 1. The summed E-state index contributed by atoms with van der Waals surface area (Å²) < 4.78 is 0. The molecule has 1 fully saturated rings. The largest absolute Gasteiger partial charge is 0.271 e. The highest BCUT2D eigenvalue weighted by Gasteiger charge is 2.38. The summed E-state index contributed by atoms with van der Waals surface area (Å²) in [6.45, 7) is 6.94. The standard InChI is InChI=1S/C10H22N2/c1-4-9(12-11)8-6-5-7-10(8,2)3/h8-9,12H,4-7,11H2,1-3H3. The lowest BCUT2D eigenvalue weighted by molar-refractivity contribution is 0.193. The minimum Gasteiger partial charge on any atom is -0.271 e. The molecule has 0 spiro atoms. The molecule has 0 amide bonds. The molecule has 0 aliphatic heterocycles. The maximum atomic E-state index is 5.53. The van der Waals surface area contributed by atoms with E-state index in [9.17, 15) is 0 Å². The number of nitrogens with one attached hydrogen (secondary N) is 1. The lowest BCUT2D eigenvalue weighted by Gasteiger charge is -2.33. The molecule has 72 valence electrons. The molecule has 12 heavy (non-hydrogen) atoms. The van der Waals surface area contributed by atoms with E-state index in [4.69, 9.17) is 5.84 Å². The molecule has 0 aromatic rings. The van der Waals surface area contributed by atoms with Gasteiger partial charge in [0.05, 0.1) is 0 Å². The third kappa shape index (κ3) is 1.80. The van der Waals surface area contributed by atoms with Crippen LogP contribution in [0, 0.1) is 11.3 Å². The molecule has 0 radical (unpaired) electrons. The molecule has 1 saturated carbocycles. The van der Waals surface area contributed by atoms with E-state index in [2.05, 4.69) is 26.2 Å². The van der Waals surface area contributed by atoms with Gasteiger partial charge >= 0.3 is 0 Å². The van der Waals surface area contributed by atoms with Crippen LogP contribution in [0.5, 0.6) is 0 Å². The molecular formula is C10H22N2. The Bertz CT molecular complexity index is 139. The smallest absolute Gasteiger partial charge is 0.0241 e. The third-order valence-corrected chi connectivity index (χ3v) is 3.48. The summed E-state index contributed by atoms with van der Waals surface area (Å²) in [5.74, 6) is 6.31. The number of nitrogens with two attached hydrogens (primary N) is 1. The summed E-state index contributed by atoms with van der Waals surface area (Å²) >= 11 is 0. The fourth-order valence-electron chi connectivity index (χ4n) is 2.62. The Morgan fingerprint density at radius 3 is 2.58 bits per heavy atom. The van der Waals surface area contributed by atoms with Crippen LogP contribution in [-0.4, -0.2) is 6.04 Å². The van der Waals surface area contributed by atoms with Gasteiger partial charge in [-0.2, -0.15) is 0 Å². The maximum absolute atomic E-state index is 5.53. The van der Waals surface area contributed by atoms with E-state index in [0.717, 1.165) is 12.3 Å². The number of hydrogen-bond acceptors (Lipinski definition) is 2. The molecule has 1 aliphatic rings. The zero-order chi connectivity index (χ0) is 9.19. The van der Waals surface area contributed by atoms with Crippen LogP contribution in [0.25, 0.3) is 0 Å². The van der Waals surface area contributed by atoms with Crippen molar-refractivity contribution >= 4 is 0 Å². The first-order valence-electron chi connectivity index (χ1n) is 5.08. The predicted molar refractivity (Wildman–Crippen MR) is 52.5 cm³/mol. The summed E-state index contributed by atoms with van der Waals surface area (Å²) in [6.07, 6.45) is 5.21. The van der Waals surface area contributed by atoms with Gasteiger partial charge in [0, 0.05) is 6.04 Å². The van der Waals surface area contributed by atoms with Crippen LogP contribution < -0.4 is 11.3 Å². The number of rotatable bonds is 3. The zero-order valence-electron chi connectivity index (χ0n) is 8.56. The van der Waals surface area contributed by atoms with Gasteiger partial charge in [-0.25, -0.2) is 0 Å². The first kappa shape index (κ1) is 10.0. The van der Waals surface area contributed by atoms with Crippen molar-refractivity contribution < 1.29 is 0 Å². The van der Waals surface area contributed by atoms with Crippen molar-refractivity contribution in [3.63, 3.8) is 0 Å². The van der Waals surface area contributed by atoms with E-state index in [1.807, 2.05) is 0 Å². The van der Waals surface area contributed by atoms with Gasteiger partial charge in [-0.1, -0.05) is 27.2 Å². The van der Waals surface area contributed by atoms with Crippen LogP contribution in [0.3, 0.4) is 0 Å². The lowest BCUT2D eigenvalue weighted by Crippen LogP contribution is -2.43. The summed E-state index contributed by atoms with van der Waals surface area (Å²) in [6, 6.07) is 0.516. The molecule has 0 aromatic carbocycles. The Balaban J connectivity index is 2.60. The van der Waals surface area contributed by atoms with Gasteiger partial charge in [-0.15, -0.1) is 0 Å². The van der Waals surface area contributed by atoms with E-state index < -0.39 is 0 Å². The zero-order valence-corrected chi connectivity index (χ0v) is 8.56. The molecule has 0 bridgehead atoms. The monoisotopic (exact) mass is 170 g/mol. The Morgan fingerprint density at radius 2 is 2.25 bits per heavy atom. The van der Waals surface area contributed by atoms with Crippen LogP contribution in [0.15, 0.2) is 0 Å². The van der Waals surface area contributed by atoms with Crippen molar-refractivity contribution in [1.29, 1.82) is 0 Å². The highest BCUT2D eigenvalue weighted by molar-refractivity contribution is 4.90. The second-order valence-electron chi connectivity index (χ2n) is 4.67. The van der Waals surface area contributed by atoms with Crippen LogP contribution in [0.1, 0.15) is 46.5 Å². The third-order valence-electron chi connectivity index (χ3n) is 3.48. The first-order valence-corrected chi connectivity index (χ1v) is 5.08. The van der Waals surface area contributed by atoms with Crippen molar-refractivity contribution in [3.05, 3.63) is 0 Å². The van der Waals surface area contributed by atoms with Crippen molar-refractivity contribution in [1.82, 2.24) is 5.43 Å². The first-order chi connectivity index (χ1) is 5.61. The van der Waals surface area contributed by atoms with E-state index >= 15 is 0 Å². The molecule has 1 aliphatic carbocycles. The van der Waals surface area contributed by atoms with Crippen molar-refractivity contribution in [2.75, 3.05) is 0 Å². The van der Waals surface area contributed by atoms with Gasteiger partial charge in [0.15, 0.2) is 0 Å². The fourth-order valence-corrected chi connectivity index (χ4v) is 2.62. The van der Waals surface area contributed by atoms with Crippen molar-refractivity contribution in [2.24, 2.45) is 17.2 Å². The molecule has 2 unspecified atom stereocenters. The Hall–Kier alpha value is -0.0800. The lowest BCUT2D eigenvalue weighted by atomic mass is 9.77. The Kier molecular flexibility index (Phi) is 3.13. The minimum absolute atomic E-state index is 0.493. The summed E-state index contributed by atoms with van der Waals surface area (Å²) in [5.41, 5.74) is 3.44. The van der Waals surface area contributed by atoms with Gasteiger partial charge in [-0.3, -0.25) is 11.3 Å². The average Bonchev–Trinajstić information content (AvgIpc) is 2.34.